The van der Waals surface area contributed by atoms with Crippen LogP contribution in [-0.4, -0.2) is 23.5 Å². The summed E-state index contributed by atoms with van der Waals surface area (Å²) in [4.78, 5) is 27.3. The Labute approximate surface area is 141 Å². The molecular weight excluding hydrogens is 351 g/mol. The molecular formula is C14H9Cl3N2O3. The number of benzene rings is 1. The van der Waals surface area contributed by atoms with Crippen molar-refractivity contribution in [2.45, 2.75) is 0 Å². The molecule has 5 nitrogen and oxygen atoms in total. The van der Waals surface area contributed by atoms with Crippen LogP contribution in [0.4, 0.5) is 5.69 Å². The maximum atomic E-state index is 11.8. The van der Waals surface area contributed by atoms with Crippen molar-refractivity contribution in [2.24, 2.45) is 0 Å². The fraction of sp³-hybridized carbons (Fsp3) is 0.0714. The smallest absolute Gasteiger partial charge is 0.341 e. The summed E-state index contributed by atoms with van der Waals surface area (Å²) in [7, 11) is 0. The first-order valence-electron chi connectivity index (χ1n) is 6.00. The lowest BCUT2D eigenvalue weighted by atomic mass is 10.3. The lowest BCUT2D eigenvalue weighted by Gasteiger charge is -2.09. The van der Waals surface area contributed by atoms with E-state index in [0.717, 1.165) is 0 Å². The molecule has 1 heterocycles. The minimum atomic E-state index is -0.745. The molecule has 0 saturated heterocycles. The van der Waals surface area contributed by atoms with Crippen LogP contribution < -0.4 is 5.32 Å². The van der Waals surface area contributed by atoms with Crippen LogP contribution in [0.5, 0.6) is 0 Å². The van der Waals surface area contributed by atoms with E-state index in [1.807, 2.05) is 0 Å². The van der Waals surface area contributed by atoms with E-state index >= 15 is 0 Å². The third-order valence-corrected chi connectivity index (χ3v) is 3.66. The van der Waals surface area contributed by atoms with Crippen molar-refractivity contribution in [3.8, 4) is 0 Å². The largest absolute Gasteiger partial charge is 0.452 e. The van der Waals surface area contributed by atoms with E-state index in [1.165, 1.54) is 18.3 Å². The van der Waals surface area contributed by atoms with Gasteiger partial charge in [0.1, 0.15) is 5.15 Å². The van der Waals surface area contributed by atoms with E-state index in [2.05, 4.69) is 10.3 Å². The molecule has 0 atom stereocenters. The summed E-state index contributed by atoms with van der Waals surface area (Å²) >= 11 is 17.5. The Morgan fingerprint density at radius 1 is 1.14 bits per heavy atom. The Morgan fingerprint density at radius 2 is 1.91 bits per heavy atom. The number of esters is 1. The maximum absolute atomic E-state index is 11.8. The molecule has 0 fully saturated rings. The van der Waals surface area contributed by atoms with Gasteiger partial charge in [-0.15, -0.1) is 0 Å². The summed E-state index contributed by atoms with van der Waals surface area (Å²) in [5, 5.41) is 3.01. The number of aromatic nitrogens is 1. The normalized spacial score (nSPS) is 10.1. The second kappa shape index (κ2) is 7.45. The van der Waals surface area contributed by atoms with Crippen LogP contribution in [0.3, 0.4) is 0 Å². The molecule has 0 aliphatic carbocycles. The molecule has 8 heteroatoms. The number of pyridine rings is 1. The van der Waals surface area contributed by atoms with Crippen molar-refractivity contribution in [1.82, 2.24) is 4.98 Å². The Morgan fingerprint density at radius 3 is 2.64 bits per heavy atom. The van der Waals surface area contributed by atoms with Crippen molar-refractivity contribution in [3.05, 3.63) is 57.3 Å². The number of nitrogens with zero attached hydrogens (tertiary/aromatic N) is 1. The van der Waals surface area contributed by atoms with Crippen LogP contribution in [0, 0.1) is 0 Å². The van der Waals surface area contributed by atoms with Crippen molar-refractivity contribution < 1.29 is 14.3 Å². The first kappa shape index (κ1) is 16.5. The molecule has 2 aromatic rings. The number of carbonyl (C=O) groups is 2. The zero-order valence-electron chi connectivity index (χ0n) is 11.0. The molecule has 1 N–H and O–H groups in total. The van der Waals surface area contributed by atoms with Crippen LogP contribution in [-0.2, 0) is 9.53 Å². The van der Waals surface area contributed by atoms with Gasteiger partial charge in [0, 0.05) is 6.20 Å². The SMILES string of the molecule is O=C(COC(=O)c1cccnc1Cl)Nc1cccc(Cl)c1Cl. The quantitative estimate of drug-likeness (QED) is 0.665. The number of amides is 1. The highest BCUT2D eigenvalue weighted by Crippen LogP contribution is 2.29. The number of ether oxygens (including phenoxy) is 1. The summed E-state index contributed by atoms with van der Waals surface area (Å²) in [6.07, 6.45) is 1.44. The van der Waals surface area contributed by atoms with Gasteiger partial charge >= 0.3 is 5.97 Å². The Balaban J connectivity index is 1.95. The highest BCUT2D eigenvalue weighted by atomic mass is 35.5. The minimum Gasteiger partial charge on any atom is -0.452 e. The molecule has 114 valence electrons. The first-order valence-corrected chi connectivity index (χ1v) is 7.14. The molecule has 1 aromatic heterocycles. The minimum absolute atomic E-state index is 0.00536. The van der Waals surface area contributed by atoms with E-state index in [1.54, 1.807) is 18.2 Å². The lowest BCUT2D eigenvalue weighted by Crippen LogP contribution is -2.21. The number of hydrogen-bond donors (Lipinski definition) is 1. The van der Waals surface area contributed by atoms with Gasteiger partial charge in [0.25, 0.3) is 5.91 Å². The summed E-state index contributed by atoms with van der Waals surface area (Å²) in [5.74, 6) is -1.30. The highest BCUT2D eigenvalue weighted by molar-refractivity contribution is 6.44. The van der Waals surface area contributed by atoms with Crippen LogP contribution in [0.25, 0.3) is 0 Å². The second-order valence-corrected chi connectivity index (χ2v) is 5.21. The van der Waals surface area contributed by atoms with Gasteiger partial charge in [-0.25, -0.2) is 9.78 Å². The zero-order valence-corrected chi connectivity index (χ0v) is 13.2. The fourth-order valence-electron chi connectivity index (χ4n) is 1.53. The molecule has 0 bridgehead atoms. The van der Waals surface area contributed by atoms with E-state index in [0.29, 0.717) is 10.7 Å². The van der Waals surface area contributed by atoms with Crippen LogP contribution in [0.1, 0.15) is 10.4 Å². The van der Waals surface area contributed by atoms with Crippen LogP contribution >= 0.6 is 34.8 Å². The predicted molar refractivity (Wildman–Crippen MR) is 84.6 cm³/mol. The number of rotatable bonds is 4. The van der Waals surface area contributed by atoms with E-state index in [-0.39, 0.29) is 15.7 Å². The highest BCUT2D eigenvalue weighted by Gasteiger charge is 2.15. The van der Waals surface area contributed by atoms with Gasteiger partial charge in [-0.3, -0.25) is 4.79 Å². The van der Waals surface area contributed by atoms with Gasteiger partial charge in [-0.05, 0) is 24.3 Å². The van der Waals surface area contributed by atoms with Gasteiger partial charge < -0.3 is 10.1 Å². The number of hydrogen-bond acceptors (Lipinski definition) is 4. The zero-order chi connectivity index (χ0) is 16.1. The molecule has 1 aromatic carbocycles. The van der Waals surface area contributed by atoms with Crippen molar-refractivity contribution >= 4 is 52.4 Å². The first-order chi connectivity index (χ1) is 10.5. The summed E-state index contributed by atoms with van der Waals surface area (Å²) in [6.45, 7) is -0.493. The van der Waals surface area contributed by atoms with Gasteiger partial charge in [0.2, 0.25) is 0 Å². The molecule has 2 rings (SSSR count). The summed E-state index contributed by atoms with van der Waals surface area (Å²) < 4.78 is 4.86. The molecule has 0 unspecified atom stereocenters. The van der Waals surface area contributed by atoms with E-state index < -0.39 is 18.5 Å². The number of carbonyl (C=O) groups excluding carboxylic acids is 2. The average Bonchev–Trinajstić information content (AvgIpc) is 2.50. The van der Waals surface area contributed by atoms with Gasteiger partial charge in [0.05, 0.1) is 21.3 Å². The third-order valence-electron chi connectivity index (χ3n) is 2.54. The summed E-state index contributed by atoms with van der Waals surface area (Å²) in [6, 6.07) is 7.78. The summed E-state index contributed by atoms with van der Waals surface area (Å²) in [5.41, 5.74) is 0.410. The number of anilines is 1. The molecule has 0 aliphatic rings. The molecule has 0 radical (unpaired) electrons. The second-order valence-electron chi connectivity index (χ2n) is 4.07. The molecule has 0 saturated carbocycles. The van der Waals surface area contributed by atoms with Gasteiger partial charge in [0.15, 0.2) is 6.61 Å². The molecule has 22 heavy (non-hydrogen) atoms. The van der Waals surface area contributed by atoms with E-state index in [9.17, 15) is 9.59 Å². The molecule has 1 amide bonds. The Hall–Kier alpha value is -1.82. The Bertz CT molecular complexity index is 722. The third kappa shape index (κ3) is 4.10. The number of nitrogens with one attached hydrogen (secondary N) is 1. The maximum Gasteiger partial charge on any atom is 0.341 e. The predicted octanol–water partition coefficient (Wildman–Crippen LogP) is 3.84. The van der Waals surface area contributed by atoms with Crippen molar-refractivity contribution in [2.75, 3.05) is 11.9 Å². The number of halogens is 3. The molecule has 0 aliphatic heterocycles. The monoisotopic (exact) mass is 358 g/mol. The average molecular weight is 360 g/mol. The standard InChI is InChI=1S/C14H9Cl3N2O3/c15-9-4-1-5-10(12(9)16)19-11(20)7-22-14(21)8-3-2-6-18-13(8)17/h1-6H,7H2,(H,19,20). The van der Waals surface area contributed by atoms with E-state index in [4.69, 9.17) is 39.5 Å². The van der Waals surface area contributed by atoms with Gasteiger partial charge in [-0.1, -0.05) is 40.9 Å². The fourth-order valence-corrected chi connectivity index (χ4v) is 2.08. The van der Waals surface area contributed by atoms with Crippen LogP contribution in [0.2, 0.25) is 15.2 Å². The van der Waals surface area contributed by atoms with Crippen molar-refractivity contribution in [3.63, 3.8) is 0 Å². The molecule has 0 spiro atoms. The topological polar surface area (TPSA) is 68.3 Å². The van der Waals surface area contributed by atoms with Crippen molar-refractivity contribution in [1.29, 1.82) is 0 Å². The lowest BCUT2D eigenvalue weighted by molar-refractivity contribution is -0.119. The van der Waals surface area contributed by atoms with Gasteiger partial charge in [-0.2, -0.15) is 0 Å². The Kier molecular flexibility index (Phi) is 5.60. The van der Waals surface area contributed by atoms with Crippen LogP contribution in [0.15, 0.2) is 36.5 Å².